The Hall–Kier alpha value is -2.58. The van der Waals surface area contributed by atoms with Gasteiger partial charge in [-0.2, -0.15) is 0 Å². The molecular formula is C23H30FN5O2. The largest absolute Gasteiger partial charge is 0.379 e. The number of morpholine rings is 1. The lowest BCUT2D eigenvalue weighted by atomic mass is 9.97. The third-order valence-corrected chi connectivity index (χ3v) is 5.93. The molecule has 4 rings (SSSR count). The number of aromatic nitrogens is 2. The van der Waals surface area contributed by atoms with Crippen LogP contribution < -0.4 is 10.2 Å². The fraction of sp³-hybridized carbons (Fsp3) is 0.522. The molecule has 0 spiro atoms. The zero-order valence-corrected chi connectivity index (χ0v) is 17.8. The normalized spacial score (nSPS) is 19.9. The zero-order chi connectivity index (χ0) is 21.5. The molecule has 2 saturated heterocycles. The fourth-order valence-electron chi connectivity index (χ4n) is 4.16. The lowest BCUT2D eigenvalue weighted by molar-refractivity contribution is -0.125. The van der Waals surface area contributed by atoms with Crippen molar-refractivity contribution in [2.24, 2.45) is 5.92 Å². The summed E-state index contributed by atoms with van der Waals surface area (Å²) in [5.41, 5.74) is 1.52. The summed E-state index contributed by atoms with van der Waals surface area (Å²) in [7, 11) is 0. The Morgan fingerprint density at radius 2 is 1.97 bits per heavy atom. The van der Waals surface area contributed by atoms with E-state index >= 15 is 0 Å². The first-order valence-electron chi connectivity index (χ1n) is 11.1. The van der Waals surface area contributed by atoms with E-state index in [1.54, 1.807) is 18.5 Å². The van der Waals surface area contributed by atoms with Gasteiger partial charge in [-0.3, -0.25) is 9.69 Å². The molecule has 2 aliphatic rings. The predicted molar refractivity (Wildman–Crippen MR) is 117 cm³/mol. The first-order valence-corrected chi connectivity index (χ1v) is 11.1. The average molecular weight is 428 g/mol. The van der Waals surface area contributed by atoms with Gasteiger partial charge in [-0.15, -0.1) is 0 Å². The molecule has 2 aromatic rings. The van der Waals surface area contributed by atoms with Crippen LogP contribution in [0, 0.1) is 11.7 Å². The molecule has 31 heavy (non-hydrogen) atoms. The Labute approximate surface area is 182 Å². The highest BCUT2D eigenvalue weighted by atomic mass is 19.1. The lowest BCUT2D eigenvalue weighted by Gasteiger charge is -2.32. The van der Waals surface area contributed by atoms with Crippen molar-refractivity contribution < 1.29 is 13.9 Å². The quantitative estimate of drug-likeness (QED) is 0.684. The summed E-state index contributed by atoms with van der Waals surface area (Å²) in [5.74, 6) is 0.396. The van der Waals surface area contributed by atoms with Gasteiger partial charge in [0.15, 0.2) is 0 Å². The predicted octanol–water partition coefficient (Wildman–Crippen LogP) is 2.34. The molecule has 0 aliphatic carbocycles. The van der Waals surface area contributed by atoms with Gasteiger partial charge < -0.3 is 15.0 Å². The molecular weight excluding hydrogens is 397 g/mol. The Morgan fingerprint density at radius 1 is 1.16 bits per heavy atom. The number of piperidine rings is 1. The number of halogens is 1. The van der Waals surface area contributed by atoms with Crippen molar-refractivity contribution in [1.29, 1.82) is 0 Å². The summed E-state index contributed by atoms with van der Waals surface area (Å²) < 4.78 is 18.8. The van der Waals surface area contributed by atoms with Crippen LogP contribution in [0.5, 0.6) is 0 Å². The van der Waals surface area contributed by atoms with Crippen molar-refractivity contribution in [3.8, 4) is 11.1 Å². The zero-order valence-electron chi connectivity index (χ0n) is 17.8. The molecule has 0 saturated carbocycles. The number of rotatable bonds is 7. The van der Waals surface area contributed by atoms with Gasteiger partial charge in [0.05, 0.1) is 19.1 Å². The van der Waals surface area contributed by atoms with Gasteiger partial charge in [-0.1, -0.05) is 12.1 Å². The van der Waals surface area contributed by atoms with E-state index in [0.29, 0.717) is 19.0 Å². The van der Waals surface area contributed by atoms with Crippen LogP contribution in [0.2, 0.25) is 0 Å². The summed E-state index contributed by atoms with van der Waals surface area (Å²) in [6, 6.07) is 6.40. The van der Waals surface area contributed by atoms with E-state index in [4.69, 9.17) is 4.74 Å². The second-order valence-electron chi connectivity index (χ2n) is 8.17. The van der Waals surface area contributed by atoms with E-state index in [9.17, 15) is 9.18 Å². The van der Waals surface area contributed by atoms with E-state index in [0.717, 1.165) is 69.8 Å². The van der Waals surface area contributed by atoms with Crippen molar-refractivity contribution in [2.45, 2.75) is 19.3 Å². The van der Waals surface area contributed by atoms with Crippen LogP contribution in [0.4, 0.5) is 10.3 Å². The molecule has 1 aromatic carbocycles. The van der Waals surface area contributed by atoms with Gasteiger partial charge in [-0.25, -0.2) is 14.4 Å². The van der Waals surface area contributed by atoms with Gasteiger partial charge in [0.25, 0.3) is 0 Å². The summed E-state index contributed by atoms with van der Waals surface area (Å²) in [5, 5.41) is 3.10. The molecule has 2 aliphatic heterocycles. The molecule has 166 valence electrons. The Balaban J connectivity index is 1.26. The summed E-state index contributed by atoms with van der Waals surface area (Å²) >= 11 is 0. The molecule has 7 nitrogen and oxygen atoms in total. The Morgan fingerprint density at radius 3 is 2.74 bits per heavy atom. The van der Waals surface area contributed by atoms with E-state index in [1.807, 2.05) is 6.07 Å². The first kappa shape index (κ1) is 21.6. The van der Waals surface area contributed by atoms with Crippen molar-refractivity contribution in [1.82, 2.24) is 20.2 Å². The van der Waals surface area contributed by atoms with Crippen LogP contribution in [0.3, 0.4) is 0 Å². The smallest absolute Gasteiger partial charge is 0.225 e. The van der Waals surface area contributed by atoms with Crippen LogP contribution >= 0.6 is 0 Å². The van der Waals surface area contributed by atoms with Gasteiger partial charge in [0.2, 0.25) is 11.9 Å². The maximum Gasteiger partial charge on any atom is 0.225 e. The molecule has 0 bridgehead atoms. The summed E-state index contributed by atoms with van der Waals surface area (Å²) in [4.78, 5) is 26.0. The third kappa shape index (κ3) is 5.98. The van der Waals surface area contributed by atoms with E-state index in [1.165, 1.54) is 12.1 Å². The van der Waals surface area contributed by atoms with Crippen molar-refractivity contribution in [2.75, 3.05) is 57.4 Å². The highest BCUT2D eigenvalue weighted by Gasteiger charge is 2.27. The van der Waals surface area contributed by atoms with Crippen LogP contribution in [0.15, 0.2) is 36.7 Å². The van der Waals surface area contributed by atoms with Gasteiger partial charge in [0.1, 0.15) is 5.82 Å². The number of carbonyl (C=O) groups excluding carboxylic acids is 1. The first-order chi connectivity index (χ1) is 15.2. The monoisotopic (exact) mass is 427 g/mol. The van der Waals surface area contributed by atoms with Gasteiger partial charge in [0, 0.05) is 50.7 Å². The number of ether oxygens (including phenoxy) is 1. The topological polar surface area (TPSA) is 70.6 Å². The minimum atomic E-state index is -0.281. The Bertz CT molecular complexity index is 857. The van der Waals surface area contributed by atoms with E-state index in [-0.39, 0.29) is 17.6 Å². The number of nitrogens with one attached hydrogen (secondary N) is 1. The molecule has 0 unspecified atom stereocenters. The highest BCUT2D eigenvalue weighted by Crippen LogP contribution is 2.23. The summed E-state index contributed by atoms with van der Waals surface area (Å²) in [6.07, 6.45) is 6.19. The van der Waals surface area contributed by atoms with Crippen LogP contribution in [-0.2, 0) is 9.53 Å². The molecule has 2 fully saturated rings. The fourth-order valence-corrected chi connectivity index (χ4v) is 4.16. The van der Waals surface area contributed by atoms with Crippen LogP contribution in [0.1, 0.15) is 19.3 Å². The number of hydrogen-bond donors (Lipinski definition) is 1. The second-order valence-corrected chi connectivity index (χ2v) is 8.17. The number of anilines is 1. The number of hydrogen-bond acceptors (Lipinski definition) is 6. The molecule has 1 atom stereocenters. The maximum atomic E-state index is 13.5. The van der Waals surface area contributed by atoms with Crippen molar-refractivity contribution in [3.05, 3.63) is 42.5 Å². The standard InChI is InChI=1S/C23H30FN5O2/c24-21-6-1-4-18(14-21)20-15-26-23(27-16-20)29-9-2-5-19(17-29)22(30)25-7-3-8-28-10-12-31-13-11-28/h1,4,6,14-16,19H,2-3,5,7-13,17H2,(H,25,30)/t19-/m1/s1. The number of nitrogens with zero attached hydrogens (tertiary/aromatic N) is 4. The number of carbonyl (C=O) groups is 1. The number of benzene rings is 1. The second kappa shape index (κ2) is 10.6. The molecule has 0 radical (unpaired) electrons. The summed E-state index contributed by atoms with van der Waals surface area (Å²) in [6.45, 7) is 6.70. The maximum absolute atomic E-state index is 13.5. The van der Waals surface area contributed by atoms with Crippen LogP contribution in [-0.4, -0.2) is 73.3 Å². The Kier molecular flexibility index (Phi) is 7.43. The minimum Gasteiger partial charge on any atom is -0.379 e. The van der Waals surface area contributed by atoms with Gasteiger partial charge in [-0.05, 0) is 43.5 Å². The third-order valence-electron chi connectivity index (χ3n) is 5.93. The highest BCUT2D eigenvalue weighted by molar-refractivity contribution is 5.79. The van der Waals surface area contributed by atoms with E-state index in [2.05, 4.69) is 25.1 Å². The molecule has 1 N–H and O–H groups in total. The lowest BCUT2D eigenvalue weighted by Crippen LogP contribution is -2.44. The molecule has 8 heteroatoms. The minimum absolute atomic E-state index is 0.0522. The van der Waals surface area contributed by atoms with Crippen molar-refractivity contribution >= 4 is 11.9 Å². The van der Waals surface area contributed by atoms with Crippen LogP contribution in [0.25, 0.3) is 11.1 Å². The molecule has 1 aromatic heterocycles. The molecule has 1 amide bonds. The van der Waals surface area contributed by atoms with Crippen molar-refractivity contribution in [3.63, 3.8) is 0 Å². The van der Waals surface area contributed by atoms with Gasteiger partial charge >= 0.3 is 0 Å². The average Bonchev–Trinajstić information content (AvgIpc) is 2.82. The SMILES string of the molecule is O=C(NCCCN1CCOCC1)[C@@H]1CCCN(c2ncc(-c3cccc(F)c3)cn2)C1. The molecule has 3 heterocycles. The number of amides is 1. The van der Waals surface area contributed by atoms with E-state index < -0.39 is 0 Å².